The molecule has 38 heavy (non-hydrogen) atoms. The van der Waals surface area contributed by atoms with Crippen LogP contribution < -0.4 is 23.8 Å². The number of carbonyl (C=O) groups is 1. The van der Waals surface area contributed by atoms with E-state index in [0.29, 0.717) is 46.9 Å². The van der Waals surface area contributed by atoms with E-state index in [4.69, 9.17) is 25.8 Å². The fraction of sp³-hybridized carbons (Fsp3) is 0.296. The molecule has 0 fully saturated rings. The van der Waals surface area contributed by atoms with Crippen LogP contribution in [0.3, 0.4) is 0 Å². The van der Waals surface area contributed by atoms with Crippen molar-refractivity contribution in [2.75, 3.05) is 44.0 Å². The van der Waals surface area contributed by atoms with Crippen molar-refractivity contribution in [3.8, 4) is 17.2 Å². The average molecular weight is 579 g/mol. The maximum Gasteiger partial charge on any atom is 0.264 e. The number of hydrogen-bond acceptors (Lipinski definition) is 7. The van der Waals surface area contributed by atoms with Crippen LogP contribution in [0.4, 0.5) is 5.69 Å². The molecular weight excluding hydrogens is 548 g/mol. The minimum absolute atomic E-state index is 0.0351. The normalized spacial score (nSPS) is 11.1. The Morgan fingerprint density at radius 1 is 1.00 bits per heavy atom. The molecule has 8 nitrogen and oxygen atoms in total. The Bertz CT molecular complexity index is 1320. The van der Waals surface area contributed by atoms with Crippen LogP contribution in [0.5, 0.6) is 17.2 Å². The standard InChI is InChI=1S/C27H31ClN2O6S2/c1-4-36-22-11-9-21(10-12-22)30(38(32,33)23-13-14-25(34-2)26(17-23)35-3)18-27(31)29-15-16-37-19-20-7-5-6-8-24(20)28/h5-14,17H,4,15-16,18-19H2,1-3H3,(H,29,31). The fourth-order valence-corrected chi connectivity index (χ4v) is 6.12. The van der Waals surface area contributed by atoms with E-state index < -0.39 is 22.5 Å². The van der Waals surface area contributed by atoms with E-state index in [2.05, 4.69) is 5.32 Å². The Labute approximate surface area is 233 Å². The molecule has 0 unspecified atom stereocenters. The molecule has 0 bridgehead atoms. The summed E-state index contributed by atoms with van der Waals surface area (Å²) in [5, 5.41) is 3.52. The number of rotatable bonds is 14. The van der Waals surface area contributed by atoms with Gasteiger partial charge in [-0.15, -0.1) is 0 Å². The molecule has 1 N–H and O–H groups in total. The van der Waals surface area contributed by atoms with E-state index >= 15 is 0 Å². The van der Waals surface area contributed by atoms with Crippen LogP contribution in [0.2, 0.25) is 5.02 Å². The molecule has 0 aromatic heterocycles. The molecule has 11 heteroatoms. The topological polar surface area (TPSA) is 94.2 Å². The van der Waals surface area contributed by atoms with Gasteiger partial charge in [0.05, 0.1) is 31.4 Å². The Hall–Kier alpha value is -3.08. The second-order valence-electron chi connectivity index (χ2n) is 7.95. The number of carbonyl (C=O) groups excluding carboxylic acids is 1. The van der Waals surface area contributed by atoms with Crippen LogP contribution >= 0.6 is 23.4 Å². The van der Waals surface area contributed by atoms with Crippen molar-refractivity contribution in [2.24, 2.45) is 0 Å². The van der Waals surface area contributed by atoms with Crippen LogP contribution in [0, 0.1) is 0 Å². The van der Waals surface area contributed by atoms with Crippen molar-refractivity contribution in [3.63, 3.8) is 0 Å². The first-order valence-electron chi connectivity index (χ1n) is 11.9. The lowest BCUT2D eigenvalue weighted by Gasteiger charge is -2.24. The Balaban J connectivity index is 1.74. The molecular formula is C27H31ClN2O6S2. The first kappa shape index (κ1) is 29.5. The van der Waals surface area contributed by atoms with E-state index in [1.165, 1.54) is 32.4 Å². The lowest BCUT2D eigenvalue weighted by Crippen LogP contribution is -2.41. The number of nitrogens with one attached hydrogen (secondary N) is 1. The number of anilines is 1. The third kappa shape index (κ3) is 7.72. The van der Waals surface area contributed by atoms with Gasteiger partial charge in [0.1, 0.15) is 12.3 Å². The van der Waals surface area contributed by atoms with Gasteiger partial charge in [-0.1, -0.05) is 29.8 Å². The zero-order valence-electron chi connectivity index (χ0n) is 21.5. The van der Waals surface area contributed by atoms with Crippen LogP contribution in [0.15, 0.2) is 71.6 Å². The van der Waals surface area contributed by atoms with E-state index in [-0.39, 0.29) is 10.6 Å². The molecule has 0 aliphatic rings. The van der Waals surface area contributed by atoms with Crippen molar-refractivity contribution < 1.29 is 27.4 Å². The number of sulfonamides is 1. The second-order valence-corrected chi connectivity index (χ2v) is 11.3. The number of ether oxygens (including phenoxy) is 3. The third-order valence-corrected chi connectivity index (χ3v) is 8.60. The molecule has 3 aromatic carbocycles. The van der Waals surface area contributed by atoms with Crippen molar-refractivity contribution in [1.29, 1.82) is 0 Å². The van der Waals surface area contributed by atoms with Gasteiger partial charge in [-0.25, -0.2) is 8.42 Å². The summed E-state index contributed by atoms with van der Waals surface area (Å²) >= 11 is 7.81. The zero-order valence-corrected chi connectivity index (χ0v) is 23.9. The highest BCUT2D eigenvalue weighted by atomic mass is 35.5. The molecule has 1 amide bonds. The zero-order chi connectivity index (χ0) is 27.5. The van der Waals surface area contributed by atoms with Gasteiger partial charge in [0.25, 0.3) is 10.0 Å². The molecule has 3 rings (SSSR count). The molecule has 0 aliphatic heterocycles. The van der Waals surface area contributed by atoms with Crippen LogP contribution in [-0.4, -0.2) is 54.0 Å². The number of thioether (sulfide) groups is 1. The largest absolute Gasteiger partial charge is 0.494 e. The highest BCUT2D eigenvalue weighted by Gasteiger charge is 2.28. The number of nitrogens with zero attached hydrogens (tertiary/aromatic N) is 1. The summed E-state index contributed by atoms with van der Waals surface area (Å²) in [4.78, 5) is 12.8. The predicted octanol–water partition coefficient (Wildman–Crippen LogP) is 5.00. The SMILES string of the molecule is CCOc1ccc(N(CC(=O)NCCSCc2ccccc2Cl)S(=O)(=O)c2ccc(OC)c(OC)c2)cc1. The maximum atomic E-state index is 13.7. The Morgan fingerprint density at radius 2 is 1.71 bits per heavy atom. The van der Waals surface area contributed by atoms with Gasteiger partial charge < -0.3 is 19.5 Å². The number of halogens is 1. The highest BCUT2D eigenvalue weighted by molar-refractivity contribution is 7.98. The minimum Gasteiger partial charge on any atom is -0.494 e. The van der Waals surface area contributed by atoms with Crippen molar-refractivity contribution in [3.05, 3.63) is 77.3 Å². The van der Waals surface area contributed by atoms with E-state index in [1.54, 1.807) is 36.0 Å². The van der Waals surface area contributed by atoms with Crippen molar-refractivity contribution in [2.45, 2.75) is 17.6 Å². The molecule has 0 saturated heterocycles. The summed E-state index contributed by atoms with van der Waals surface area (Å²) in [5.74, 6) is 2.18. The molecule has 0 heterocycles. The number of methoxy groups -OCH3 is 2. The Morgan fingerprint density at radius 3 is 2.37 bits per heavy atom. The van der Waals surface area contributed by atoms with Crippen LogP contribution in [-0.2, 0) is 20.6 Å². The van der Waals surface area contributed by atoms with Gasteiger partial charge in [-0.2, -0.15) is 11.8 Å². The van der Waals surface area contributed by atoms with Crippen molar-refractivity contribution >= 4 is 45.0 Å². The first-order valence-corrected chi connectivity index (χ1v) is 14.8. The fourth-order valence-electron chi connectivity index (χ4n) is 3.54. The minimum atomic E-state index is -4.13. The number of amides is 1. The van der Waals surface area contributed by atoms with E-state index in [0.717, 1.165) is 9.87 Å². The first-order chi connectivity index (χ1) is 18.3. The number of hydrogen-bond donors (Lipinski definition) is 1. The maximum absolute atomic E-state index is 13.7. The van der Waals surface area contributed by atoms with Gasteiger partial charge in [-0.05, 0) is 55.0 Å². The summed E-state index contributed by atoms with van der Waals surface area (Å²) in [6.07, 6.45) is 0. The van der Waals surface area contributed by atoms with Gasteiger partial charge in [-0.3, -0.25) is 9.10 Å². The number of benzene rings is 3. The summed E-state index contributed by atoms with van der Waals surface area (Å²) in [6.45, 7) is 2.31. The van der Waals surface area contributed by atoms with E-state index in [9.17, 15) is 13.2 Å². The lowest BCUT2D eigenvalue weighted by molar-refractivity contribution is -0.119. The molecule has 3 aromatic rings. The Kier molecular flexibility index (Phi) is 11.0. The van der Waals surface area contributed by atoms with Gasteiger partial charge in [0, 0.05) is 29.1 Å². The molecule has 0 radical (unpaired) electrons. The predicted molar refractivity (Wildman–Crippen MR) is 152 cm³/mol. The van der Waals surface area contributed by atoms with E-state index in [1.807, 2.05) is 31.2 Å². The highest BCUT2D eigenvalue weighted by Crippen LogP contribution is 2.32. The molecule has 0 aliphatic carbocycles. The van der Waals surface area contributed by atoms with Crippen molar-refractivity contribution in [1.82, 2.24) is 5.32 Å². The van der Waals surface area contributed by atoms with Crippen LogP contribution in [0.1, 0.15) is 12.5 Å². The van der Waals surface area contributed by atoms with Gasteiger partial charge >= 0.3 is 0 Å². The van der Waals surface area contributed by atoms with Crippen LogP contribution in [0.25, 0.3) is 0 Å². The lowest BCUT2D eigenvalue weighted by atomic mass is 10.2. The molecule has 0 saturated carbocycles. The summed E-state index contributed by atoms with van der Waals surface area (Å²) in [7, 11) is -1.24. The monoisotopic (exact) mass is 578 g/mol. The molecule has 0 atom stereocenters. The summed E-state index contributed by atoms with van der Waals surface area (Å²) in [6, 6.07) is 18.5. The van der Waals surface area contributed by atoms with Gasteiger partial charge in [0.15, 0.2) is 11.5 Å². The second kappa shape index (κ2) is 14.2. The quantitative estimate of drug-likeness (QED) is 0.269. The van der Waals surface area contributed by atoms with Gasteiger partial charge in [0.2, 0.25) is 5.91 Å². The smallest absolute Gasteiger partial charge is 0.264 e. The summed E-state index contributed by atoms with van der Waals surface area (Å²) < 4.78 is 44.5. The molecule has 204 valence electrons. The average Bonchev–Trinajstić information content (AvgIpc) is 2.92. The third-order valence-electron chi connectivity index (χ3n) is 5.45. The summed E-state index contributed by atoms with van der Waals surface area (Å²) in [5.41, 5.74) is 1.35. The molecule has 0 spiro atoms.